The third-order valence-corrected chi connectivity index (χ3v) is 12.9. The highest BCUT2D eigenvalue weighted by Gasteiger charge is 2.70. The van der Waals surface area contributed by atoms with Crippen LogP contribution in [0.1, 0.15) is 106 Å². The molecule has 5 aliphatic carbocycles. The number of carboxylic acid groups (broad SMARTS) is 1. The number of fused-ring (bicyclic) bond motifs is 7. The van der Waals surface area contributed by atoms with E-state index in [1.807, 2.05) is 0 Å². The van der Waals surface area contributed by atoms with Crippen molar-refractivity contribution in [1.82, 2.24) is 0 Å². The van der Waals surface area contributed by atoms with E-state index >= 15 is 0 Å². The predicted molar refractivity (Wildman–Crippen MR) is 134 cm³/mol. The van der Waals surface area contributed by atoms with E-state index in [1.54, 1.807) is 0 Å². The van der Waals surface area contributed by atoms with Gasteiger partial charge in [-0.15, -0.1) is 0 Å². The second-order valence-corrected chi connectivity index (χ2v) is 15.2. The van der Waals surface area contributed by atoms with Crippen molar-refractivity contribution in [3.8, 4) is 0 Å². The first kappa shape index (κ1) is 24.8. The van der Waals surface area contributed by atoms with Gasteiger partial charge in [0.1, 0.15) is 0 Å². The molecule has 9 atom stereocenters. The number of carboxylic acids is 1. The monoisotopic (exact) mass is 472 g/mol. The van der Waals surface area contributed by atoms with E-state index in [0.29, 0.717) is 5.92 Å². The normalized spacial score (nSPS) is 53.4. The van der Waals surface area contributed by atoms with Crippen LogP contribution in [0.3, 0.4) is 0 Å². The van der Waals surface area contributed by atoms with Gasteiger partial charge in [-0.05, 0) is 103 Å². The molecule has 34 heavy (non-hydrogen) atoms. The SMILES string of the molecule is CC1(C)CC[C@@]2(C(=O)O)CC[C@@]3(C)C(=CC[C@H]4[C@@]5(C)CC[C@H](O)C(C)(C)[C@@H]5[C@@H](O)C[C@@]43C)[C@@H]2C1. The van der Waals surface area contributed by atoms with Gasteiger partial charge in [0.05, 0.1) is 17.6 Å². The minimum absolute atomic E-state index is 0.0344. The molecule has 4 saturated carbocycles. The molecule has 0 amide bonds. The van der Waals surface area contributed by atoms with Gasteiger partial charge in [0.2, 0.25) is 0 Å². The molecule has 0 bridgehead atoms. The zero-order valence-corrected chi connectivity index (χ0v) is 22.6. The van der Waals surface area contributed by atoms with Crippen molar-refractivity contribution < 1.29 is 20.1 Å². The van der Waals surface area contributed by atoms with Gasteiger partial charge in [-0.25, -0.2) is 0 Å². The Morgan fingerprint density at radius 3 is 2.21 bits per heavy atom. The minimum Gasteiger partial charge on any atom is -0.481 e. The van der Waals surface area contributed by atoms with Crippen molar-refractivity contribution in [2.45, 2.75) is 118 Å². The number of hydrogen-bond acceptors (Lipinski definition) is 3. The Labute approximate surface area is 206 Å². The molecule has 4 heteroatoms. The summed E-state index contributed by atoms with van der Waals surface area (Å²) in [5.74, 6) is 0.0121. The van der Waals surface area contributed by atoms with Crippen LogP contribution in [-0.4, -0.2) is 33.5 Å². The Morgan fingerprint density at radius 1 is 0.912 bits per heavy atom. The summed E-state index contributed by atoms with van der Waals surface area (Å²) in [5.41, 5.74) is 0.421. The first-order chi connectivity index (χ1) is 15.6. The van der Waals surface area contributed by atoms with Crippen LogP contribution in [0.15, 0.2) is 11.6 Å². The molecule has 0 heterocycles. The minimum atomic E-state index is -0.624. The number of aliphatic carboxylic acids is 1. The molecule has 5 rings (SSSR count). The molecule has 0 spiro atoms. The molecule has 0 aromatic carbocycles. The Hall–Kier alpha value is -0.870. The molecule has 0 aromatic heterocycles. The molecule has 0 radical (unpaired) electrons. The van der Waals surface area contributed by atoms with Crippen LogP contribution < -0.4 is 0 Å². The molecule has 0 unspecified atom stereocenters. The fraction of sp³-hybridized carbons (Fsp3) is 0.900. The van der Waals surface area contributed by atoms with Gasteiger partial charge >= 0.3 is 5.97 Å². The second-order valence-electron chi connectivity index (χ2n) is 15.2. The summed E-state index contributed by atoms with van der Waals surface area (Å²) in [6.07, 6.45) is 9.49. The highest BCUT2D eigenvalue weighted by molar-refractivity contribution is 5.76. The Balaban J connectivity index is 1.63. The van der Waals surface area contributed by atoms with Crippen molar-refractivity contribution in [3.63, 3.8) is 0 Å². The standard InChI is InChI=1S/C30H48O4/c1-25(2)12-14-30(24(33)34)15-13-28(6)18(19(30)16-25)8-9-21-27(5)11-10-22(32)26(3,4)23(27)20(31)17-29(21,28)7/h8,19-23,31-32H,9-17H2,1-7H3,(H,33,34)/t19-,20-,21-,22-,23-,27+,28-,29-,30+/m0/s1. The van der Waals surface area contributed by atoms with Gasteiger partial charge in [0.15, 0.2) is 0 Å². The Kier molecular flexibility index (Phi) is 5.20. The third-order valence-electron chi connectivity index (χ3n) is 12.9. The molecule has 0 aromatic rings. The zero-order chi connectivity index (χ0) is 25.1. The fourth-order valence-corrected chi connectivity index (χ4v) is 10.8. The molecule has 192 valence electrons. The van der Waals surface area contributed by atoms with Crippen LogP contribution >= 0.6 is 0 Å². The average molecular weight is 473 g/mol. The average Bonchev–Trinajstić information content (AvgIpc) is 2.70. The van der Waals surface area contributed by atoms with Gasteiger partial charge in [-0.3, -0.25) is 4.79 Å². The highest BCUT2D eigenvalue weighted by atomic mass is 16.4. The number of hydrogen-bond donors (Lipinski definition) is 3. The van der Waals surface area contributed by atoms with E-state index in [0.717, 1.165) is 57.8 Å². The summed E-state index contributed by atoms with van der Waals surface area (Å²) < 4.78 is 0. The van der Waals surface area contributed by atoms with Crippen LogP contribution in [-0.2, 0) is 4.79 Å². The molecule has 0 saturated heterocycles. The van der Waals surface area contributed by atoms with E-state index in [9.17, 15) is 20.1 Å². The van der Waals surface area contributed by atoms with Crippen molar-refractivity contribution in [1.29, 1.82) is 0 Å². The molecule has 5 aliphatic rings. The van der Waals surface area contributed by atoms with Crippen molar-refractivity contribution >= 4 is 5.97 Å². The van der Waals surface area contributed by atoms with Crippen molar-refractivity contribution in [2.75, 3.05) is 0 Å². The summed E-state index contributed by atoms with van der Waals surface area (Å²) >= 11 is 0. The largest absolute Gasteiger partial charge is 0.481 e. The lowest BCUT2D eigenvalue weighted by molar-refractivity contribution is -0.242. The lowest BCUT2D eigenvalue weighted by Crippen LogP contribution is -2.68. The molecule has 3 N–H and O–H groups in total. The molecule has 4 fully saturated rings. The van der Waals surface area contributed by atoms with E-state index in [2.05, 4.69) is 54.5 Å². The van der Waals surface area contributed by atoms with Gasteiger partial charge in [-0.1, -0.05) is 60.1 Å². The smallest absolute Gasteiger partial charge is 0.310 e. The zero-order valence-electron chi connectivity index (χ0n) is 22.6. The quantitative estimate of drug-likeness (QED) is 0.397. The maximum Gasteiger partial charge on any atom is 0.310 e. The molecule has 0 aliphatic heterocycles. The Morgan fingerprint density at radius 2 is 1.56 bits per heavy atom. The van der Waals surface area contributed by atoms with Gasteiger partial charge < -0.3 is 15.3 Å². The van der Waals surface area contributed by atoms with Crippen LogP contribution in [0, 0.1) is 50.2 Å². The van der Waals surface area contributed by atoms with Gasteiger partial charge in [0, 0.05) is 0 Å². The topological polar surface area (TPSA) is 77.8 Å². The summed E-state index contributed by atoms with van der Waals surface area (Å²) in [5, 5.41) is 33.1. The predicted octanol–water partition coefficient (Wildman–Crippen LogP) is 6.20. The number of rotatable bonds is 1. The maximum atomic E-state index is 12.8. The lowest BCUT2D eigenvalue weighted by atomic mass is 9.33. The Bertz CT molecular complexity index is 919. The number of aliphatic hydroxyl groups is 2. The fourth-order valence-electron chi connectivity index (χ4n) is 10.8. The van der Waals surface area contributed by atoms with Crippen LogP contribution in [0.25, 0.3) is 0 Å². The lowest BCUT2D eigenvalue weighted by Gasteiger charge is -2.72. The summed E-state index contributed by atoms with van der Waals surface area (Å²) in [6.45, 7) is 16.2. The number of aliphatic hydroxyl groups excluding tert-OH is 2. The maximum absolute atomic E-state index is 12.8. The first-order valence-electron chi connectivity index (χ1n) is 13.9. The highest BCUT2D eigenvalue weighted by Crippen LogP contribution is 2.75. The molecular formula is C30H48O4. The van der Waals surface area contributed by atoms with Crippen molar-refractivity contribution in [3.05, 3.63) is 11.6 Å². The summed E-state index contributed by atoms with van der Waals surface area (Å²) in [7, 11) is 0. The van der Waals surface area contributed by atoms with E-state index in [-0.39, 0.29) is 45.0 Å². The van der Waals surface area contributed by atoms with Gasteiger partial charge in [0.25, 0.3) is 0 Å². The van der Waals surface area contributed by atoms with Crippen molar-refractivity contribution in [2.24, 2.45) is 50.2 Å². The number of carbonyl (C=O) groups is 1. The first-order valence-corrected chi connectivity index (χ1v) is 13.9. The van der Waals surface area contributed by atoms with Gasteiger partial charge in [-0.2, -0.15) is 0 Å². The van der Waals surface area contributed by atoms with E-state index in [1.165, 1.54) is 5.57 Å². The number of allylic oxidation sites excluding steroid dienone is 2. The summed E-state index contributed by atoms with van der Waals surface area (Å²) in [6, 6.07) is 0. The van der Waals surface area contributed by atoms with E-state index < -0.39 is 17.5 Å². The van der Waals surface area contributed by atoms with E-state index in [4.69, 9.17) is 0 Å². The molecular weight excluding hydrogens is 424 g/mol. The van der Waals surface area contributed by atoms with Crippen LogP contribution in [0.4, 0.5) is 0 Å². The van der Waals surface area contributed by atoms with Crippen LogP contribution in [0.5, 0.6) is 0 Å². The summed E-state index contributed by atoms with van der Waals surface area (Å²) in [4.78, 5) is 12.8. The third kappa shape index (κ3) is 2.88. The second kappa shape index (κ2) is 7.12. The molecule has 4 nitrogen and oxygen atoms in total. The van der Waals surface area contributed by atoms with Crippen LogP contribution in [0.2, 0.25) is 0 Å².